The van der Waals surface area contributed by atoms with E-state index in [4.69, 9.17) is 4.74 Å². The quantitative estimate of drug-likeness (QED) is 0.436. The van der Waals surface area contributed by atoms with Crippen LogP contribution in [0.1, 0.15) is 34.2 Å². The summed E-state index contributed by atoms with van der Waals surface area (Å²) < 4.78 is 7.25. The molecule has 0 saturated carbocycles. The van der Waals surface area contributed by atoms with E-state index >= 15 is 0 Å². The highest BCUT2D eigenvalue weighted by atomic mass is 16.5. The highest BCUT2D eigenvalue weighted by molar-refractivity contribution is 5.90. The first kappa shape index (κ1) is 20.4. The summed E-state index contributed by atoms with van der Waals surface area (Å²) >= 11 is 0. The SMILES string of the molecule is CCOC(=O)c1cccc(-n2c(C)cc(C=Nc3ccc(N(C)C)cc3)c2C)c1. The smallest absolute Gasteiger partial charge is 0.338 e. The van der Waals surface area contributed by atoms with E-state index in [1.165, 1.54) is 0 Å². The number of rotatable bonds is 6. The van der Waals surface area contributed by atoms with Crippen LogP contribution in [-0.4, -0.2) is 37.5 Å². The van der Waals surface area contributed by atoms with Crippen LogP contribution < -0.4 is 4.90 Å². The van der Waals surface area contributed by atoms with Gasteiger partial charge in [0.2, 0.25) is 0 Å². The van der Waals surface area contributed by atoms with Gasteiger partial charge in [-0.1, -0.05) is 6.07 Å². The van der Waals surface area contributed by atoms with Crippen molar-refractivity contribution in [2.45, 2.75) is 20.8 Å². The van der Waals surface area contributed by atoms with Gasteiger partial charge in [0, 0.05) is 48.6 Å². The molecule has 0 radical (unpaired) electrons. The standard InChI is InChI=1S/C24H27N3O2/c1-6-29-24(28)19-8-7-9-23(15-19)27-17(2)14-20(18(27)3)16-25-21-10-12-22(13-11-21)26(4)5/h7-16H,6H2,1-5H3. The van der Waals surface area contributed by atoms with Crippen molar-refractivity contribution in [3.05, 3.63) is 77.1 Å². The molecule has 3 rings (SSSR count). The summed E-state index contributed by atoms with van der Waals surface area (Å²) in [5.41, 5.74) is 6.72. The van der Waals surface area contributed by atoms with Gasteiger partial charge in [0.25, 0.3) is 0 Å². The van der Waals surface area contributed by atoms with Gasteiger partial charge in [0.15, 0.2) is 0 Å². The summed E-state index contributed by atoms with van der Waals surface area (Å²) in [7, 11) is 4.04. The number of hydrogen-bond donors (Lipinski definition) is 0. The van der Waals surface area contributed by atoms with Gasteiger partial charge in [0.1, 0.15) is 0 Å². The molecule has 0 spiro atoms. The fourth-order valence-corrected chi connectivity index (χ4v) is 3.28. The number of anilines is 1. The molecule has 1 aromatic heterocycles. The average molecular weight is 389 g/mol. The zero-order chi connectivity index (χ0) is 21.0. The van der Waals surface area contributed by atoms with E-state index in [-0.39, 0.29) is 5.97 Å². The second-order valence-electron chi connectivity index (χ2n) is 7.10. The van der Waals surface area contributed by atoms with Crippen molar-refractivity contribution < 1.29 is 9.53 Å². The summed E-state index contributed by atoms with van der Waals surface area (Å²) in [4.78, 5) is 18.8. The van der Waals surface area contributed by atoms with Crippen LogP contribution in [0, 0.1) is 13.8 Å². The lowest BCUT2D eigenvalue weighted by Gasteiger charge is -2.11. The maximum atomic E-state index is 12.1. The molecule has 0 unspecified atom stereocenters. The monoisotopic (exact) mass is 389 g/mol. The van der Waals surface area contributed by atoms with E-state index < -0.39 is 0 Å². The van der Waals surface area contributed by atoms with Crippen molar-refractivity contribution in [1.29, 1.82) is 0 Å². The Morgan fingerprint density at radius 1 is 1.10 bits per heavy atom. The molecule has 0 fully saturated rings. The summed E-state index contributed by atoms with van der Waals surface area (Å²) in [6.07, 6.45) is 1.89. The molecule has 5 nitrogen and oxygen atoms in total. The third-order valence-corrected chi connectivity index (χ3v) is 4.80. The van der Waals surface area contributed by atoms with Crippen LogP contribution in [0.25, 0.3) is 5.69 Å². The number of aliphatic imine (C=N–C) groups is 1. The Hall–Kier alpha value is -3.34. The highest BCUT2D eigenvalue weighted by Gasteiger charge is 2.12. The fraction of sp³-hybridized carbons (Fsp3) is 0.250. The first-order chi connectivity index (χ1) is 13.9. The summed E-state index contributed by atoms with van der Waals surface area (Å²) in [6.45, 7) is 6.27. The molecule has 0 amide bonds. The molecular weight excluding hydrogens is 362 g/mol. The van der Waals surface area contributed by atoms with Crippen molar-refractivity contribution >= 4 is 23.6 Å². The van der Waals surface area contributed by atoms with Gasteiger partial charge in [0.05, 0.1) is 17.9 Å². The maximum absolute atomic E-state index is 12.1. The van der Waals surface area contributed by atoms with Crippen molar-refractivity contribution in [1.82, 2.24) is 4.57 Å². The molecule has 0 aliphatic rings. The zero-order valence-electron chi connectivity index (χ0n) is 17.6. The topological polar surface area (TPSA) is 46.8 Å². The number of benzene rings is 2. The summed E-state index contributed by atoms with van der Waals surface area (Å²) in [5, 5.41) is 0. The molecule has 29 heavy (non-hydrogen) atoms. The van der Waals surface area contributed by atoms with Crippen LogP contribution in [0.15, 0.2) is 59.6 Å². The van der Waals surface area contributed by atoms with Crippen molar-refractivity contribution in [3.63, 3.8) is 0 Å². The van der Waals surface area contributed by atoms with Crippen LogP contribution in [0.5, 0.6) is 0 Å². The van der Waals surface area contributed by atoms with E-state index in [9.17, 15) is 4.79 Å². The molecule has 0 saturated heterocycles. The van der Waals surface area contributed by atoms with Crippen LogP contribution in [0.4, 0.5) is 11.4 Å². The van der Waals surface area contributed by atoms with E-state index in [1.54, 1.807) is 6.07 Å². The largest absolute Gasteiger partial charge is 0.462 e. The van der Waals surface area contributed by atoms with Gasteiger partial charge in [-0.3, -0.25) is 4.99 Å². The molecule has 0 atom stereocenters. The van der Waals surface area contributed by atoms with Crippen LogP contribution in [0.3, 0.4) is 0 Å². The molecule has 0 aliphatic carbocycles. The molecule has 2 aromatic carbocycles. The zero-order valence-corrected chi connectivity index (χ0v) is 17.6. The Labute approximate surface area is 172 Å². The highest BCUT2D eigenvalue weighted by Crippen LogP contribution is 2.23. The van der Waals surface area contributed by atoms with Gasteiger partial charge >= 0.3 is 5.97 Å². The Morgan fingerprint density at radius 3 is 2.48 bits per heavy atom. The van der Waals surface area contributed by atoms with Crippen LogP contribution in [0.2, 0.25) is 0 Å². The molecule has 0 N–H and O–H groups in total. The van der Waals surface area contributed by atoms with Crippen molar-refractivity contribution in [3.8, 4) is 5.69 Å². The minimum Gasteiger partial charge on any atom is -0.462 e. The number of esters is 1. The van der Waals surface area contributed by atoms with Gasteiger partial charge in [-0.2, -0.15) is 0 Å². The molecule has 0 bridgehead atoms. The van der Waals surface area contributed by atoms with Crippen LogP contribution >= 0.6 is 0 Å². The maximum Gasteiger partial charge on any atom is 0.338 e. The molecule has 5 heteroatoms. The van der Waals surface area contributed by atoms with Crippen molar-refractivity contribution in [2.24, 2.45) is 4.99 Å². The van der Waals surface area contributed by atoms with E-state index in [2.05, 4.69) is 39.6 Å². The summed E-state index contributed by atoms with van der Waals surface area (Å²) in [5.74, 6) is -0.306. The Bertz CT molecular complexity index is 1030. The Morgan fingerprint density at radius 2 is 1.83 bits per heavy atom. The lowest BCUT2D eigenvalue weighted by molar-refractivity contribution is 0.0526. The predicted octanol–water partition coefficient (Wildman–Crippen LogP) is 5.09. The normalized spacial score (nSPS) is 11.1. The number of aryl methyl sites for hydroxylation is 1. The number of carbonyl (C=O) groups excluding carboxylic acids is 1. The second-order valence-corrected chi connectivity index (χ2v) is 7.10. The first-order valence-corrected chi connectivity index (χ1v) is 9.68. The van der Waals surface area contributed by atoms with Gasteiger partial charge in [-0.25, -0.2) is 4.79 Å². The number of nitrogens with zero attached hydrogens (tertiary/aromatic N) is 3. The number of carbonyl (C=O) groups is 1. The van der Waals surface area contributed by atoms with Gasteiger partial charge < -0.3 is 14.2 Å². The number of aromatic nitrogens is 1. The van der Waals surface area contributed by atoms with E-state index in [1.807, 2.05) is 64.5 Å². The molecule has 0 aliphatic heterocycles. The van der Waals surface area contributed by atoms with E-state index in [0.29, 0.717) is 12.2 Å². The lowest BCUT2D eigenvalue weighted by atomic mass is 10.2. The first-order valence-electron chi connectivity index (χ1n) is 9.68. The van der Waals surface area contributed by atoms with Gasteiger partial charge in [-0.05, 0) is 69.3 Å². The second kappa shape index (κ2) is 8.78. The van der Waals surface area contributed by atoms with Crippen LogP contribution in [-0.2, 0) is 4.74 Å². The third kappa shape index (κ3) is 4.57. The third-order valence-electron chi connectivity index (χ3n) is 4.80. The molecular formula is C24H27N3O2. The molecule has 150 valence electrons. The summed E-state index contributed by atoms with van der Waals surface area (Å²) in [6, 6.07) is 17.7. The predicted molar refractivity (Wildman–Crippen MR) is 119 cm³/mol. The Balaban J connectivity index is 1.89. The minimum atomic E-state index is -0.306. The Kier molecular flexibility index (Phi) is 6.17. The minimum absolute atomic E-state index is 0.306. The fourth-order valence-electron chi connectivity index (χ4n) is 3.28. The molecule has 1 heterocycles. The average Bonchev–Trinajstić information content (AvgIpc) is 3.00. The van der Waals surface area contributed by atoms with E-state index in [0.717, 1.165) is 34.0 Å². The lowest BCUT2D eigenvalue weighted by Crippen LogP contribution is -2.07. The van der Waals surface area contributed by atoms with Crippen molar-refractivity contribution in [2.75, 3.05) is 25.6 Å². The number of ether oxygens (including phenoxy) is 1. The van der Waals surface area contributed by atoms with Gasteiger partial charge in [-0.15, -0.1) is 0 Å². The number of hydrogen-bond acceptors (Lipinski definition) is 4. The molecule has 3 aromatic rings.